The molecule has 1 fully saturated rings. The van der Waals surface area contributed by atoms with Crippen molar-refractivity contribution in [3.63, 3.8) is 0 Å². The summed E-state index contributed by atoms with van der Waals surface area (Å²) in [6.45, 7) is 0.558. The number of halogens is 1. The van der Waals surface area contributed by atoms with Gasteiger partial charge in [0.05, 0.1) is 19.3 Å². The molecule has 0 spiro atoms. The molecule has 0 radical (unpaired) electrons. The Balaban J connectivity index is 2.03. The highest BCUT2D eigenvalue weighted by molar-refractivity contribution is 6.30. The zero-order chi connectivity index (χ0) is 15.4. The van der Waals surface area contributed by atoms with Gasteiger partial charge in [-0.3, -0.25) is 4.79 Å². The molecule has 0 aromatic heterocycles. The molecule has 114 valence electrons. The van der Waals surface area contributed by atoms with Crippen molar-refractivity contribution in [3.05, 3.63) is 34.9 Å². The molecular weight excluding hydrogens is 296 g/mol. The number of nitrogens with zero attached hydrogens (tertiary/aromatic N) is 1. The molecule has 0 saturated carbocycles. The van der Waals surface area contributed by atoms with Crippen LogP contribution in [0.4, 0.5) is 0 Å². The molecule has 1 saturated heterocycles. The van der Waals surface area contributed by atoms with Crippen molar-refractivity contribution in [1.82, 2.24) is 4.90 Å². The maximum atomic E-state index is 12.3. The van der Waals surface area contributed by atoms with Crippen LogP contribution in [0, 0.1) is 0 Å². The second-order valence-corrected chi connectivity index (χ2v) is 5.33. The van der Waals surface area contributed by atoms with Gasteiger partial charge in [-0.15, -0.1) is 0 Å². The number of hydrogen-bond acceptors (Lipinski definition) is 4. The number of carbonyl (C=O) groups excluding carboxylic acids is 1. The van der Waals surface area contributed by atoms with Crippen LogP contribution in [0.25, 0.3) is 0 Å². The fraction of sp³-hybridized carbons (Fsp3) is 0.429. The third-order valence-electron chi connectivity index (χ3n) is 3.38. The van der Waals surface area contributed by atoms with E-state index in [2.05, 4.69) is 0 Å². The van der Waals surface area contributed by atoms with Gasteiger partial charge >= 0.3 is 5.97 Å². The summed E-state index contributed by atoms with van der Waals surface area (Å²) < 4.78 is 5.10. The highest BCUT2D eigenvalue weighted by Gasteiger charge is 2.34. The van der Waals surface area contributed by atoms with Crippen molar-refractivity contribution in [2.45, 2.75) is 18.5 Å². The Morgan fingerprint density at radius 2 is 2.10 bits per heavy atom. The highest BCUT2D eigenvalue weighted by Crippen LogP contribution is 2.13. The molecule has 3 N–H and O–H groups in total. The Labute approximate surface area is 127 Å². The predicted octanol–water partition coefficient (Wildman–Crippen LogP) is 0.522. The molecule has 0 aliphatic carbocycles. The minimum atomic E-state index is -1.08. The van der Waals surface area contributed by atoms with Crippen LogP contribution in [0.2, 0.25) is 5.02 Å². The van der Waals surface area contributed by atoms with E-state index in [0.29, 0.717) is 18.1 Å². The van der Waals surface area contributed by atoms with Crippen molar-refractivity contribution >= 4 is 23.5 Å². The number of morpholine rings is 1. The van der Waals surface area contributed by atoms with E-state index in [0.717, 1.165) is 5.56 Å². The fourth-order valence-corrected chi connectivity index (χ4v) is 2.37. The van der Waals surface area contributed by atoms with Crippen LogP contribution in [0.3, 0.4) is 0 Å². The van der Waals surface area contributed by atoms with Gasteiger partial charge in [-0.25, -0.2) is 4.79 Å². The molecule has 0 unspecified atom stereocenters. The summed E-state index contributed by atoms with van der Waals surface area (Å²) >= 11 is 5.80. The Morgan fingerprint density at radius 3 is 2.71 bits per heavy atom. The van der Waals surface area contributed by atoms with Gasteiger partial charge in [0.1, 0.15) is 0 Å². The molecule has 2 rings (SSSR count). The van der Waals surface area contributed by atoms with Crippen LogP contribution in [-0.4, -0.2) is 53.7 Å². The normalized spacial score (nSPS) is 20.1. The van der Waals surface area contributed by atoms with Gasteiger partial charge in [0, 0.05) is 11.6 Å². The SMILES string of the molecule is N[C@H](Cc1ccc(Cl)cc1)C(=O)N1CCOC[C@H]1C(=O)O. The van der Waals surface area contributed by atoms with E-state index in [1.807, 2.05) is 0 Å². The van der Waals surface area contributed by atoms with Gasteiger partial charge < -0.3 is 20.5 Å². The lowest BCUT2D eigenvalue weighted by molar-refractivity contribution is -0.158. The number of ether oxygens (including phenoxy) is 1. The zero-order valence-electron chi connectivity index (χ0n) is 11.4. The van der Waals surface area contributed by atoms with Gasteiger partial charge in [0.15, 0.2) is 6.04 Å². The summed E-state index contributed by atoms with van der Waals surface area (Å²) in [4.78, 5) is 24.8. The van der Waals surface area contributed by atoms with E-state index >= 15 is 0 Å². The summed E-state index contributed by atoms with van der Waals surface area (Å²) in [6.07, 6.45) is 0.333. The number of carboxylic acids is 1. The maximum Gasteiger partial charge on any atom is 0.328 e. The third kappa shape index (κ3) is 3.93. The molecule has 1 amide bonds. The van der Waals surface area contributed by atoms with E-state index in [-0.39, 0.29) is 19.1 Å². The fourth-order valence-electron chi connectivity index (χ4n) is 2.25. The van der Waals surface area contributed by atoms with Gasteiger partial charge in [-0.2, -0.15) is 0 Å². The van der Waals surface area contributed by atoms with E-state index in [1.165, 1.54) is 4.90 Å². The van der Waals surface area contributed by atoms with Gasteiger partial charge in [0.25, 0.3) is 0 Å². The minimum Gasteiger partial charge on any atom is -0.480 e. The van der Waals surface area contributed by atoms with Gasteiger partial charge in [-0.05, 0) is 24.1 Å². The lowest BCUT2D eigenvalue weighted by atomic mass is 10.0. The average Bonchev–Trinajstić information content (AvgIpc) is 2.48. The van der Waals surface area contributed by atoms with Crippen LogP contribution in [0.5, 0.6) is 0 Å². The van der Waals surface area contributed by atoms with Crippen molar-refractivity contribution in [2.75, 3.05) is 19.8 Å². The van der Waals surface area contributed by atoms with E-state index in [4.69, 9.17) is 27.2 Å². The molecule has 6 nitrogen and oxygen atoms in total. The first kappa shape index (κ1) is 15.8. The lowest BCUT2D eigenvalue weighted by Gasteiger charge is -2.34. The molecule has 21 heavy (non-hydrogen) atoms. The molecule has 1 aliphatic heterocycles. The summed E-state index contributed by atoms with van der Waals surface area (Å²) in [5, 5.41) is 9.74. The quantitative estimate of drug-likeness (QED) is 0.845. The lowest BCUT2D eigenvalue weighted by Crippen LogP contribution is -2.57. The molecule has 7 heteroatoms. The number of nitrogens with two attached hydrogens (primary N) is 1. The third-order valence-corrected chi connectivity index (χ3v) is 3.63. The molecule has 1 heterocycles. The van der Waals surface area contributed by atoms with E-state index in [1.54, 1.807) is 24.3 Å². The van der Waals surface area contributed by atoms with E-state index in [9.17, 15) is 9.59 Å². The Hall–Kier alpha value is -1.63. The van der Waals surface area contributed by atoms with Crippen molar-refractivity contribution in [1.29, 1.82) is 0 Å². The number of carboxylic acid groups (broad SMARTS) is 1. The highest BCUT2D eigenvalue weighted by atomic mass is 35.5. The summed E-state index contributed by atoms with van der Waals surface area (Å²) in [6, 6.07) is 5.28. The minimum absolute atomic E-state index is 0.00522. The topological polar surface area (TPSA) is 92.9 Å². The second-order valence-electron chi connectivity index (χ2n) is 4.90. The number of aliphatic carboxylic acids is 1. The van der Waals surface area contributed by atoms with Crippen LogP contribution in [-0.2, 0) is 20.7 Å². The summed E-state index contributed by atoms with van der Waals surface area (Å²) in [5.41, 5.74) is 6.80. The van der Waals surface area contributed by atoms with Gasteiger partial charge in [-0.1, -0.05) is 23.7 Å². The monoisotopic (exact) mass is 312 g/mol. The standard InChI is InChI=1S/C14H17ClN2O4/c15-10-3-1-9(2-4-10)7-11(16)13(18)17-5-6-21-8-12(17)14(19)20/h1-4,11-12H,5-8,16H2,(H,19,20)/t11-,12+/m1/s1. The number of amides is 1. The van der Waals surface area contributed by atoms with Crippen molar-refractivity contribution in [2.24, 2.45) is 5.73 Å². The van der Waals surface area contributed by atoms with Crippen molar-refractivity contribution < 1.29 is 19.4 Å². The Kier molecular flexibility index (Phi) is 5.17. The van der Waals surface area contributed by atoms with Crippen molar-refractivity contribution in [3.8, 4) is 0 Å². The Bertz CT molecular complexity index is 520. The number of benzene rings is 1. The molecule has 2 atom stereocenters. The van der Waals surface area contributed by atoms with Gasteiger partial charge in [0.2, 0.25) is 5.91 Å². The zero-order valence-corrected chi connectivity index (χ0v) is 12.1. The number of rotatable bonds is 4. The summed E-state index contributed by atoms with van der Waals surface area (Å²) in [7, 11) is 0. The first-order valence-corrected chi connectivity index (χ1v) is 6.98. The maximum absolute atomic E-state index is 12.3. The summed E-state index contributed by atoms with van der Waals surface area (Å²) in [5.74, 6) is -1.46. The van der Waals surface area contributed by atoms with Crippen LogP contribution < -0.4 is 5.73 Å². The number of hydrogen-bond donors (Lipinski definition) is 2. The second kappa shape index (κ2) is 6.89. The largest absolute Gasteiger partial charge is 0.480 e. The first-order valence-electron chi connectivity index (χ1n) is 6.60. The van der Waals surface area contributed by atoms with E-state index < -0.39 is 18.1 Å². The molecule has 1 aromatic carbocycles. The molecular formula is C14H17ClN2O4. The van der Waals surface area contributed by atoms with Crippen LogP contribution in [0.1, 0.15) is 5.56 Å². The first-order chi connectivity index (χ1) is 9.99. The molecule has 1 aromatic rings. The van der Waals surface area contributed by atoms with Crippen LogP contribution >= 0.6 is 11.6 Å². The molecule has 0 bridgehead atoms. The van der Waals surface area contributed by atoms with Crippen LogP contribution in [0.15, 0.2) is 24.3 Å². The number of carbonyl (C=O) groups is 2. The molecule has 1 aliphatic rings. The average molecular weight is 313 g/mol. The Morgan fingerprint density at radius 1 is 1.43 bits per heavy atom. The predicted molar refractivity (Wildman–Crippen MR) is 77.1 cm³/mol. The smallest absolute Gasteiger partial charge is 0.328 e.